The Bertz CT molecular complexity index is 296. The predicted octanol–water partition coefficient (Wildman–Crippen LogP) is 1.51. The summed E-state index contributed by atoms with van der Waals surface area (Å²) in [7, 11) is 0. The van der Waals surface area contributed by atoms with Crippen molar-refractivity contribution in [3.05, 3.63) is 21.3 Å². The van der Waals surface area contributed by atoms with Crippen molar-refractivity contribution in [1.82, 2.24) is 0 Å². The van der Waals surface area contributed by atoms with Gasteiger partial charge in [0.1, 0.15) is 11.5 Å². The van der Waals surface area contributed by atoms with Gasteiger partial charge >= 0.3 is 0 Å². The lowest BCUT2D eigenvalue weighted by atomic mass is 10.2. The maximum atomic E-state index is 10.3. The van der Waals surface area contributed by atoms with Gasteiger partial charge in [-0.05, 0) is 34.7 Å². The normalized spacial score (nSPS) is 9.55. The van der Waals surface area contributed by atoms with E-state index in [1.807, 2.05) is 22.6 Å². The Kier molecular flexibility index (Phi) is 2.33. The summed E-state index contributed by atoms with van der Waals surface area (Å²) in [5.41, 5.74) is 0.106. The molecule has 0 radical (unpaired) electrons. The summed E-state index contributed by atoms with van der Waals surface area (Å²) in [5.74, 6) is -0.104. The van der Waals surface area contributed by atoms with Crippen molar-refractivity contribution >= 4 is 28.9 Å². The number of carbonyl (C=O) groups is 1. The molecule has 2 N–H and O–H groups in total. The molecule has 1 rings (SSSR count). The Morgan fingerprint density at radius 2 is 2.00 bits per heavy atom. The van der Waals surface area contributed by atoms with Crippen LogP contribution in [0.4, 0.5) is 0 Å². The molecule has 0 heterocycles. The molecule has 0 aliphatic rings. The molecule has 0 saturated carbocycles. The molecule has 4 heteroatoms. The van der Waals surface area contributed by atoms with Crippen LogP contribution in [0, 0.1) is 3.57 Å². The zero-order valence-electron chi connectivity index (χ0n) is 5.41. The number of benzene rings is 1. The second kappa shape index (κ2) is 3.08. The van der Waals surface area contributed by atoms with Gasteiger partial charge in [-0.15, -0.1) is 0 Å². The van der Waals surface area contributed by atoms with Crippen molar-refractivity contribution in [2.45, 2.75) is 0 Å². The first kappa shape index (κ1) is 8.32. The van der Waals surface area contributed by atoms with Crippen LogP contribution in [-0.4, -0.2) is 16.5 Å². The summed E-state index contributed by atoms with van der Waals surface area (Å²) in [5, 5.41) is 18.1. The molecule has 0 saturated heterocycles. The number of phenols is 2. The van der Waals surface area contributed by atoms with Crippen molar-refractivity contribution in [3.8, 4) is 11.5 Å². The highest BCUT2D eigenvalue weighted by molar-refractivity contribution is 14.1. The van der Waals surface area contributed by atoms with Crippen LogP contribution in [0.3, 0.4) is 0 Å². The van der Waals surface area contributed by atoms with Gasteiger partial charge in [0.25, 0.3) is 0 Å². The summed E-state index contributed by atoms with van der Waals surface area (Å²) in [6.45, 7) is 0. The van der Waals surface area contributed by atoms with Gasteiger partial charge in [0.2, 0.25) is 0 Å². The summed E-state index contributed by atoms with van der Waals surface area (Å²) >= 11 is 1.83. The van der Waals surface area contributed by atoms with E-state index in [9.17, 15) is 9.90 Å². The lowest BCUT2D eigenvalue weighted by Gasteiger charge is -2.00. The van der Waals surface area contributed by atoms with Crippen LogP contribution in [0.25, 0.3) is 0 Å². The Morgan fingerprint density at radius 3 is 2.55 bits per heavy atom. The van der Waals surface area contributed by atoms with E-state index in [4.69, 9.17) is 5.11 Å². The number of aldehydes is 1. The molecule has 0 bridgehead atoms. The zero-order valence-corrected chi connectivity index (χ0v) is 7.57. The summed E-state index contributed by atoms with van der Waals surface area (Å²) < 4.78 is 0.463. The molecule has 3 nitrogen and oxygen atoms in total. The van der Waals surface area contributed by atoms with Crippen LogP contribution >= 0.6 is 22.6 Å². The fraction of sp³-hybridized carbons (Fsp3) is 0. The highest BCUT2D eigenvalue weighted by Crippen LogP contribution is 2.27. The van der Waals surface area contributed by atoms with Crippen molar-refractivity contribution < 1.29 is 15.0 Å². The Balaban J connectivity index is 3.35. The van der Waals surface area contributed by atoms with E-state index in [1.165, 1.54) is 12.1 Å². The van der Waals surface area contributed by atoms with Crippen molar-refractivity contribution in [2.75, 3.05) is 0 Å². The third-order valence-electron chi connectivity index (χ3n) is 1.20. The number of hydrogen-bond acceptors (Lipinski definition) is 3. The minimum absolute atomic E-state index is 0.0192. The van der Waals surface area contributed by atoms with E-state index in [1.54, 1.807) is 0 Å². The largest absolute Gasteiger partial charge is 0.508 e. The third kappa shape index (κ3) is 1.62. The Morgan fingerprint density at radius 1 is 1.36 bits per heavy atom. The molecule has 1 aromatic rings. The average molecular weight is 264 g/mol. The number of aromatic hydroxyl groups is 2. The molecule has 11 heavy (non-hydrogen) atoms. The molecule has 0 aromatic heterocycles. The van der Waals surface area contributed by atoms with Gasteiger partial charge in [0.05, 0.1) is 9.13 Å². The lowest BCUT2D eigenvalue weighted by Crippen LogP contribution is -1.83. The van der Waals surface area contributed by atoms with Gasteiger partial charge in [0.15, 0.2) is 6.29 Å². The van der Waals surface area contributed by atoms with E-state index in [0.29, 0.717) is 9.86 Å². The summed E-state index contributed by atoms with van der Waals surface area (Å²) in [6.07, 6.45) is 0.497. The molecule has 0 aliphatic heterocycles. The first-order chi connectivity index (χ1) is 5.15. The summed E-state index contributed by atoms with van der Waals surface area (Å²) in [4.78, 5) is 10.3. The fourth-order valence-corrected chi connectivity index (χ4v) is 1.33. The third-order valence-corrected chi connectivity index (χ3v) is 2.03. The fourth-order valence-electron chi connectivity index (χ4n) is 0.695. The van der Waals surface area contributed by atoms with E-state index < -0.39 is 0 Å². The monoisotopic (exact) mass is 264 g/mol. The first-order valence-electron chi connectivity index (χ1n) is 2.82. The number of phenolic OH excluding ortho intramolecular Hbond substituents is 2. The minimum Gasteiger partial charge on any atom is -0.508 e. The molecule has 0 atom stereocenters. The van der Waals surface area contributed by atoms with Gasteiger partial charge in [-0.1, -0.05) is 0 Å². The molecule has 1 aromatic carbocycles. The van der Waals surface area contributed by atoms with Crippen LogP contribution in [-0.2, 0) is 0 Å². The van der Waals surface area contributed by atoms with Crippen LogP contribution in [0.15, 0.2) is 12.1 Å². The minimum atomic E-state index is -0.0848. The Hall–Kier alpha value is -0.780. The highest BCUT2D eigenvalue weighted by Gasteiger charge is 2.05. The standard InChI is InChI=1S/C7H5IO3/c8-6-2-5(10)1-4(3-9)7(6)11/h1-3,10-11H. The van der Waals surface area contributed by atoms with Gasteiger partial charge in [-0.3, -0.25) is 4.79 Å². The maximum Gasteiger partial charge on any atom is 0.153 e. The van der Waals surface area contributed by atoms with E-state index in [2.05, 4.69) is 0 Å². The average Bonchev–Trinajstić information content (AvgIpc) is 1.96. The molecule has 0 unspecified atom stereocenters. The maximum absolute atomic E-state index is 10.3. The highest BCUT2D eigenvalue weighted by atomic mass is 127. The smallest absolute Gasteiger partial charge is 0.153 e. The molecular weight excluding hydrogens is 259 g/mol. The van der Waals surface area contributed by atoms with Crippen molar-refractivity contribution in [2.24, 2.45) is 0 Å². The van der Waals surface area contributed by atoms with Crippen molar-refractivity contribution in [3.63, 3.8) is 0 Å². The second-order valence-corrected chi connectivity index (χ2v) is 3.15. The lowest BCUT2D eigenvalue weighted by molar-refractivity contribution is 0.112. The van der Waals surface area contributed by atoms with Crippen LogP contribution in [0.2, 0.25) is 0 Å². The number of hydrogen-bond donors (Lipinski definition) is 2. The van der Waals surface area contributed by atoms with Crippen LogP contribution in [0.1, 0.15) is 10.4 Å². The molecule has 0 fully saturated rings. The van der Waals surface area contributed by atoms with Crippen LogP contribution in [0.5, 0.6) is 11.5 Å². The SMILES string of the molecule is O=Cc1cc(O)cc(I)c1O. The van der Waals surface area contributed by atoms with Gasteiger partial charge in [-0.25, -0.2) is 0 Å². The molecule has 0 aliphatic carbocycles. The topological polar surface area (TPSA) is 57.5 Å². The van der Waals surface area contributed by atoms with Crippen molar-refractivity contribution in [1.29, 1.82) is 0 Å². The van der Waals surface area contributed by atoms with Gasteiger partial charge in [-0.2, -0.15) is 0 Å². The van der Waals surface area contributed by atoms with Crippen LogP contribution < -0.4 is 0 Å². The van der Waals surface area contributed by atoms with E-state index >= 15 is 0 Å². The van der Waals surface area contributed by atoms with E-state index in [-0.39, 0.29) is 17.1 Å². The number of carbonyl (C=O) groups excluding carboxylic acids is 1. The van der Waals surface area contributed by atoms with Gasteiger partial charge in [0, 0.05) is 0 Å². The zero-order chi connectivity index (χ0) is 8.43. The number of halogens is 1. The van der Waals surface area contributed by atoms with E-state index in [0.717, 1.165) is 0 Å². The number of rotatable bonds is 1. The molecule has 0 amide bonds. The summed E-state index contributed by atoms with van der Waals surface area (Å²) in [6, 6.07) is 2.59. The molecular formula is C7H5IO3. The first-order valence-corrected chi connectivity index (χ1v) is 3.89. The second-order valence-electron chi connectivity index (χ2n) is 1.98. The predicted molar refractivity (Wildman–Crippen MR) is 47.9 cm³/mol. The Labute approximate surface area is 76.8 Å². The quantitative estimate of drug-likeness (QED) is 0.459. The molecule has 0 spiro atoms. The van der Waals surface area contributed by atoms with Gasteiger partial charge < -0.3 is 10.2 Å². The molecule has 58 valence electrons.